The van der Waals surface area contributed by atoms with Gasteiger partial charge >= 0.3 is 0 Å². The van der Waals surface area contributed by atoms with E-state index >= 15 is 0 Å². The summed E-state index contributed by atoms with van der Waals surface area (Å²) in [5.74, 6) is 0.715. The maximum atomic E-state index is 3.52. The molecular weight excluding hydrogens is 288 g/mol. The summed E-state index contributed by atoms with van der Waals surface area (Å²) in [5.41, 5.74) is 1.35. The quantitative estimate of drug-likeness (QED) is 0.828. The highest BCUT2D eigenvalue weighted by Crippen LogP contribution is 2.13. The molecule has 0 aromatic heterocycles. The highest BCUT2D eigenvalue weighted by Gasteiger charge is 2.09. The number of rotatable bonds is 7. The van der Waals surface area contributed by atoms with Crippen LogP contribution in [0, 0.1) is 5.92 Å². The van der Waals surface area contributed by atoms with Gasteiger partial charge in [-0.2, -0.15) is 0 Å². The summed E-state index contributed by atoms with van der Waals surface area (Å²) in [6.07, 6.45) is 0. The zero-order valence-corrected chi connectivity index (χ0v) is 13.5. The number of nitrogens with zero attached hydrogens (tertiary/aromatic N) is 1. The SMILES string of the molecule is CC(C)CNCC(C)N(C)Cc1cccc(Br)c1. The van der Waals surface area contributed by atoms with Gasteiger partial charge in [0.15, 0.2) is 0 Å². The molecule has 0 aliphatic heterocycles. The predicted octanol–water partition coefficient (Wildman–Crippen LogP) is 3.52. The Morgan fingerprint density at radius 2 is 1.94 bits per heavy atom. The van der Waals surface area contributed by atoms with Crippen molar-refractivity contribution < 1.29 is 0 Å². The number of halogens is 1. The molecule has 1 atom stereocenters. The van der Waals surface area contributed by atoms with Crippen LogP contribution >= 0.6 is 15.9 Å². The number of likely N-dealkylation sites (N-methyl/N-ethyl adjacent to an activating group) is 1. The van der Waals surface area contributed by atoms with Gasteiger partial charge in [-0.3, -0.25) is 4.90 Å². The van der Waals surface area contributed by atoms with Gasteiger partial charge in [0.2, 0.25) is 0 Å². The van der Waals surface area contributed by atoms with Crippen LogP contribution in [0.5, 0.6) is 0 Å². The minimum atomic E-state index is 0.544. The van der Waals surface area contributed by atoms with Gasteiger partial charge in [0.05, 0.1) is 0 Å². The minimum Gasteiger partial charge on any atom is -0.315 e. The van der Waals surface area contributed by atoms with Gasteiger partial charge in [0, 0.05) is 23.6 Å². The van der Waals surface area contributed by atoms with E-state index in [0.717, 1.165) is 24.1 Å². The smallest absolute Gasteiger partial charge is 0.0234 e. The molecule has 0 aliphatic carbocycles. The van der Waals surface area contributed by atoms with Crippen molar-refractivity contribution in [3.8, 4) is 0 Å². The van der Waals surface area contributed by atoms with Crippen molar-refractivity contribution in [1.82, 2.24) is 10.2 Å². The van der Waals surface area contributed by atoms with Gasteiger partial charge in [-0.05, 0) is 44.1 Å². The predicted molar refractivity (Wildman–Crippen MR) is 82.8 cm³/mol. The molecule has 0 saturated heterocycles. The second kappa shape index (κ2) is 7.93. The lowest BCUT2D eigenvalue weighted by Crippen LogP contribution is -2.38. The lowest BCUT2D eigenvalue weighted by molar-refractivity contribution is 0.241. The lowest BCUT2D eigenvalue weighted by Gasteiger charge is -2.25. The van der Waals surface area contributed by atoms with Gasteiger partial charge in [-0.25, -0.2) is 0 Å². The van der Waals surface area contributed by atoms with Crippen molar-refractivity contribution in [2.45, 2.75) is 33.4 Å². The summed E-state index contributed by atoms with van der Waals surface area (Å²) < 4.78 is 1.15. The van der Waals surface area contributed by atoms with Crippen LogP contribution in [-0.4, -0.2) is 31.1 Å². The van der Waals surface area contributed by atoms with Gasteiger partial charge in [-0.15, -0.1) is 0 Å². The molecule has 0 fully saturated rings. The summed E-state index contributed by atoms with van der Waals surface area (Å²) in [5, 5.41) is 3.51. The maximum Gasteiger partial charge on any atom is 0.0234 e. The van der Waals surface area contributed by atoms with Crippen molar-refractivity contribution in [2.24, 2.45) is 5.92 Å². The van der Waals surface area contributed by atoms with E-state index < -0.39 is 0 Å². The van der Waals surface area contributed by atoms with E-state index in [1.807, 2.05) is 0 Å². The summed E-state index contributed by atoms with van der Waals surface area (Å²) in [6.45, 7) is 9.87. The van der Waals surface area contributed by atoms with Crippen molar-refractivity contribution in [3.05, 3.63) is 34.3 Å². The van der Waals surface area contributed by atoms with Crippen LogP contribution in [0.4, 0.5) is 0 Å². The van der Waals surface area contributed by atoms with Crippen molar-refractivity contribution in [2.75, 3.05) is 20.1 Å². The number of nitrogens with one attached hydrogen (secondary N) is 1. The fourth-order valence-electron chi connectivity index (χ4n) is 1.82. The molecule has 0 bridgehead atoms. The average Bonchev–Trinajstić information content (AvgIpc) is 2.28. The van der Waals surface area contributed by atoms with E-state index in [-0.39, 0.29) is 0 Å². The monoisotopic (exact) mass is 312 g/mol. The first kappa shape index (κ1) is 15.7. The van der Waals surface area contributed by atoms with Crippen molar-refractivity contribution in [1.29, 1.82) is 0 Å². The third-order valence-corrected chi connectivity index (χ3v) is 3.56. The molecule has 0 amide bonds. The zero-order chi connectivity index (χ0) is 13.5. The van der Waals surface area contributed by atoms with E-state index in [1.165, 1.54) is 5.56 Å². The van der Waals surface area contributed by atoms with Crippen LogP contribution in [0.1, 0.15) is 26.3 Å². The molecule has 1 aromatic rings. The van der Waals surface area contributed by atoms with E-state index in [4.69, 9.17) is 0 Å². The van der Waals surface area contributed by atoms with Crippen LogP contribution in [0.3, 0.4) is 0 Å². The molecule has 0 radical (unpaired) electrons. The highest BCUT2D eigenvalue weighted by atomic mass is 79.9. The van der Waals surface area contributed by atoms with Gasteiger partial charge < -0.3 is 5.32 Å². The molecule has 1 unspecified atom stereocenters. The Kier molecular flexibility index (Phi) is 6.90. The highest BCUT2D eigenvalue weighted by molar-refractivity contribution is 9.10. The zero-order valence-electron chi connectivity index (χ0n) is 11.9. The number of hydrogen-bond donors (Lipinski definition) is 1. The minimum absolute atomic E-state index is 0.544. The lowest BCUT2D eigenvalue weighted by atomic mass is 10.2. The Labute approximate surface area is 120 Å². The molecule has 0 spiro atoms. The molecule has 102 valence electrons. The molecule has 18 heavy (non-hydrogen) atoms. The van der Waals surface area contributed by atoms with Gasteiger partial charge in [0.1, 0.15) is 0 Å². The van der Waals surface area contributed by atoms with E-state index in [0.29, 0.717) is 12.0 Å². The fraction of sp³-hybridized carbons (Fsp3) is 0.600. The topological polar surface area (TPSA) is 15.3 Å². The van der Waals surface area contributed by atoms with Crippen LogP contribution in [-0.2, 0) is 6.54 Å². The Bertz CT molecular complexity index is 352. The third-order valence-electron chi connectivity index (χ3n) is 3.07. The molecule has 0 aliphatic rings. The molecule has 1 N–H and O–H groups in total. The van der Waals surface area contributed by atoms with Crippen LogP contribution < -0.4 is 5.32 Å². The third kappa shape index (κ3) is 5.98. The van der Waals surface area contributed by atoms with E-state index in [1.54, 1.807) is 0 Å². The summed E-state index contributed by atoms with van der Waals surface area (Å²) in [6, 6.07) is 9.06. The first-order valence-corrected chi connectivity index (χ1v) is 7.43. The van der Waals surface area contributed by atoms with Crippen molar-refractivity contribution >= 4 is 15.9 Å². The summed E-state index contributed by atoms with van der Waals surface area (Å²) in [4.78, 5) is 2.38. The van der Waals surface area contributed by atoms with E-state index in [9.17, 15) is 0 Å². The Morgan fingerprint density at radius 1 is 1.22 bits per heavy atom. The second-order valence-corrected chi connectivity index (χ2v) is 6.36. The van der Waals surface area contributed by atoms with E-state index in [2.05, 4.69) is 78.2 Å². The molecule has 2 nitrogen and oxygen atoms in total. The second-order valence-electron chi connectivity index (χ2n) is 5.45. The Morgan fingerprint density at radius 3 is 2.56 bits per heavy atom. The Hall–Kier alpha value is -0.380. The average molecular weight is 313 g/mol. The molecule has 0 saturated carbocycles. The molecule has 3 heteroatoms. The van der Waals surface area contributed by atoms with Crippen LogP contribution in [0.2, 0.25) is 0 Å². The van der Waals surface area contributed by atoms with Crippen molar-refractivity contribution in [3.63, 3.8) is 0 Å². The normalized spacial score (nSPS) is 13.3. The number of hydrogen-bond acceptors (Lipinski definition) is 2. The molecule has 1 rings (SSSR count). The van der Waals surface area contributed by atoms with Crippen LogP contribution in [0.15, 0.2) is 28.7 Å². The fourth-order valence-corrected chi connectivity index (χ4v) is 2.26. The van der Waals surface area contributed by atoms with Gasteiger partial charge in [-0.1, -0.05) is 41.9 Å². The molecular formula is C15H25BrN2. The summed E-state index contributed by atoms with van der Waals surface area (Å²) >= 11 is 3.52. The standard InChI is InChI=1S/C15H25BrN2/c1-12(2)9-17-10-13(3)18(4)11-14-6-5-7-15(16)8-14/h5-8,12-13,17H,9-11H2,1-4H3. The van der Waals surface area contributed by atoms with Gasteiger partial charge in [0.25, 0.3) is 0 Å². The number of benzene rings is 1. The largest absolute Gasteiger partial charge is 0.315 e. The first-order chi connectivity index (χ1) is 8.49. The van der Waals surface area contributed by atoms with Crippen LogP contribution in [0.25, 0.3) is 0 Å². The molecule has 0 heterocycles. The molecule has 1 aromatic carbocycles. The Balaban J connectivity index is 2.37. The first-order valence-electron chi connectivity index (χ1n) is 6.64. The summed E-state index contributed by atoms with van der Waals surface area (Å²) in [7, 11) is 2.18. The maximum absolute atomic E-state index is 3.52.